The summed E-state index contributed by atoms with van der Waals surface area (Å²) in [5.74, 6) is 0.274. The van der Waals surface area contributed by atoms with Crippen molar-refractivity contribution in [2.75, 3.05) is 0 Å². The lowest BCUT2D eigenvalue weighted by atomic mass is 10.2. The number of nitrogens with zero attached hydrogens (tertiary/aromatic N) is 1. The third-order valence-electron chi connectivity index (χ3n) is 2.28. The molecule has 0 saturated heterocycles. The van der Waals surface area contributed by atoms with E-state index in [0.717, 1.165) is 17.6 Å². The Morgan fingerprint density at radius 1 is 1.47 bits per heavy atom. The molecule has 0 aliphatic carbocycles. The Hall–Kier alpha value is -1.16. The Labute approximate surface area is 92.7 Å². The first-order chi connectivity index (χ1) is 7.08. The molecule has 0 amide bonds. The van der Waals surface area contributed by atoms with Gasteiger partial charge in [0, 0.05) is 6.54 Å². The summed E-state index contributed by atoms with van der Waals surface area (Å²) in [6, 6.07) is 4.70. The zero-order valence-corrected chi connectivity index (χ0v) is 9.57. The highest BCUT2D eigenvalue weighted by Crippen LogP contribution is 2.16. The van der Waals surface area contributed by atoms with Gasteiger partial charge in [-0.1, -0.05) is 13.8 Å². The summed E-state index contributed by atoms with van der Waals surface area (Å²) in [4.78, 5) is 3.01. The summed E-state index contributed by atoms with van der Waals surface area (Å²) >= 11 is 5.20. The number of rotatable bonds is 2. The van der Waals surface area contributed by atoms with Crippen LogP contribution in [0.15, 0.2) is 18.2 Å². The molecule has 4 heteroatoms. The number of hydrogen-bond acceptors (Lipinski definition) is 1. The predicted molar refractivity (Wildman–Crippen MR) is 61.9 cm³/mol. The summed E-state index contributed by atoms with van der Waals surface area (Å²) in [5, 5.41) is 0. The van der Waals surface area contributed by atoms with Crippen molar-refractivity contribution in [2.24, 2.45) is 5.92 Å². The maximum absolute atomic E-state index is 13.0. The van der Waals surface area contributed by atoms with Crippen LogP contribution in [0.25, 0.3) is 11.0 Å². The molecule has 0 atom stereocenters. The Morgan fingerprint density at radius 3 is 2.87 bits per heavy atom. The van der Waals surface area contributed by atoms with Crippen LogP contribution in [0.4, 0.5) is 4.39 Å². The molecule has 0 aliphatic heterocycles. The standard InChI is InChI=1S/C11H13FN2S/c1-7(2)6-14-10-4-3-8(12)5-9(10)13-11(14)15/h3-5,7H,6H2,1-2H3,(H,13,15). The summed E-state index contributed by atoms with van der Waals surface area (Å²) in [6.07, 6.45) is 0. The Bertz CT molecular complexity index is 539. The topological polar surface area (TPSA) is 20.7 Å². The van der Waals surface area contributed by atoms with Crippen molar-refractivity contribution in [1.82, 2.24) is 9.55 Å². The number of halogens is 1. The lowest BCUT2D eigenvalue weighted by Crippen LogP contribution is -2.03. The van der Waals surface area contributed by atoms with E-state index in [2.05, 4.69) is 18.8 Å². The Morgan fingerprint density at radius 2 is 2.20 bits per heavy atom. The summed E-state index contributed by atoms with van der Waals surface area (Å²) in [7, 11) is 0. The fourth-order valence-electron chi connectivity index (χ4n) is 1.68. The van der Waals surface area contributed by atoms with Crippen molar-refractivity contribution < 1.29 is 4.39 Å². The molecular weight excluding hydrogens is 211 g/mol. The van der Waals surface area contributed by atoms with Gasteiger partial charge in [0.05, 0.1) is 11.0 Å². The zero-order valence-electron chi connectivity index (χ0n) is 8.75. The van der Waals surface area contributed by atoms with Gasteiger partial charge in [0.25, 0.3) is 0 Å². The molecule has 0 radical (unpaired) electrons. The first-order valence-electron chi connectivity index (χ1n) is 4.96. The second kappa shape index (κ2) is 3.77. The smallest absolute Gasteiger partial charge is 0.178 e. The maximum atomic E-state index is 13.0. The van der Waals surface area contributed by atoms with E-state index in [0.29, 0.717) is 10.7 Å². The molecular formula is C11H13FN2S. The van der Waals surface area contributed by atoms with E-state index in [1.54, 1.807) is 6.07 Å². The van der Waals surface area contributed by atoms with Crippen LogP contribution in [0.5, 0.6) is 0 Å². The number of nitrogens with one attached hydrogen (secondary N) is 1. The molecule has 15 heavy (non-hydrogen) atoms. The molecule has 2 nitrogen and oxygen atoms in total. The quantitative estimate of drug-likeness (QED) is 0.774. The number of aromatic amines is 1. The zero-order chi connectivity index (χ0) is 11.0. The van der Waals surface area contributed by atoms with E-state index in [4.69, 9.17) is 12.2 Å². The number of aromatic nitrogens is 2. The van der Waals surface area contributed by atoms with E-state index >= 15 is 0 Å². The molecule has 1 aromatic heterocycles. The van der Waals surface area contributed by atoms with E-state index in [1.807, 2.05) is 4.57 Å². The second-order valence-corrected chi connectivity index (χ2v) is 4.48. The van der Waals surface area contributed by atoms with E-state index in [-0.39, 0.29) is 5.82 Å². The molecule has 1 heterocycles. The minimum atomic E-state index is -0.240. The molecule has 1 aromatic carbocycles. The molecule has 0 bridgehead atoms. The van der Waals surface area contributed by atoms with Crippen molar-refractivity contribution in [3.05, 3.63) is 28.8 Å². The first kappa shape index (κ1) is 10.4. The fraction of sp³-hybridized carbons (Fsp3) is 0.364. The van der Waals surface area contributed by atoms with Crippen LogP contribution in [0, 0.1) is 16.5 Å². The molecule has 1 N–H and O–H groups in total. The van der Waals surface area contributed by atoms with Crippen LogP contribution < -0.4 is 0 Å². The van der Waals surface area contributed by atoms with Gasteiger partial charge in [-0.3, -0.25) is 0 Å². The molecule has 0 spiro atoms. The fourth-order valence-corrected chi connectivity index (χ4v) is 1.97. The average molecular weight is 224 g/mol. The van der Waals surface area contributed by atoms with Gasteiger partial charge in [0.2, 0.25) is 0 Å². The van der Waals surface area contributed by atoms with Crippen molar-refractivity contribution in [1.29, 1.82) is 0 Å². The van der Waals surface area contributed by atoms with Gasteiger partial charge in [-0.15, -0.1) is 0 Å². The van der Waals surface area contributed by atoms with Crippen molar-refractivity contribution in [3.8, 4) is 0 Å². The van der Waals surface area contributed by atoms with E-state index < -0.39 is 0 Å². The van der Waals surface area contributed by atoms with Gasteiger partial charge in [0.15, 0.2) is 4.77 Å². The van der Waals surface area contributed by atoms with Crippen LogP contribution in [0.1, 0.15) is 13.8 Å². The first-order valence-corrected chi connectivity index (χ1v) is 5.37. The van der Waals surface area contributed by atoms with E-state index in [9.17, 15) is 4.39 Å². The van der Waals surface area contributed by atoms with Crippen molar-refractivity contribution >= 4 is 23.3 Å². The highest BCUT2D eigenvalue weighted by molar-refractivity contribution is 7.71. The number of H-pyrrole nitrogens is 1. The molecule has 80 valence electrons. The monoisotopic (exact) mass is 224 g/mol. The minimum absolute atomic E-state index is 0.240. The SMILES string of the molecule is CC(C)Cn1c(=S)[nH]c2cc(F)ccc21. The van der Waals surface area contributed by atoms with Crippen LogP contribution in [-0.2, 0) is 6.54 Å². The van der Waals surface area contributed by atoms with Crippen LogP contribution in [-0.4, -0.2) is 9.55 Å². The number of imidazole rings is 1. The predicted octanol–water partition coefficient (Wildman–Crippen LogP) is 3.49. The van der Waals surface area contributed by atoms with Gasteiger partial charge in [-0.05, 0) is 36.3 Å². The molecule has 0 aliphatic rings. The Kier molecular flexibility index (Phi) is 2.61. The lowest BCUT2D eigenvalue weighted by Gasteiger charge is -2.06. The van der Waals surface area contributed by atoms with Crippen LogP contribution >= 0.6 is 12.2 Å². The van der Waals surface area contributed by atoms with E-state index in [1.165, 1.54) is 12.1 Å². The molecule has 0 unspecified atom stereocenters. The third-order valence-corrected chi connectivity index (χ3v) is 2.61. The molecule has 2 aromatic rings. The molecule has 0 saturated carbocycles. The maximum Gasteiger partial charge on any atom is 0.178 e. The highest BCUT2D eigenvalue weighted by Gasteiger charge is 2.06. The van der Waals surface area contributed by atoms with Crippen LogP contribution in [0.3, 0.4) is 0 Å². The Balaban J connectivity index is 2.63. The lowest BCUT2D eigenvalue weighted by molar-refractivity contribution is 0.528. The summed E-state index contributed by atoms with van der Waals surface area (Å²) in [6.45, 7) is 5.11. The average Bonchev–Trinajstić information content (AvgIpc) is 2.41. The summed E-state index contributed by atoms with van der Waals surface area (Å²) in [5.41, 5.74) is 1.73. The molecule has 0 fully saturated rings. The van der Waals surface area contributed by atoms with Gasteiger partial charge >= 0.3 is 0 Å². The van der Waals surface area contributed by atoms with Gasteiger partial charge in [0.1, 0.15) is 5.82 Å². The van der Waals surface area contributed by atoms with Crippen molar-refractivity contribution in [3.63, 3.8) is 0 Å². The van der Waals surface area contributed by atoms with Gasteiger partial charge in [-0.2, -0.15) is 0 Å². The number of benzene rings is 1. The minimum Gasteiger partial charge on any atom is -0.330 e. The normalized spacial score (nSPS) is 11.5. The molecule has 2 rings (SSSR count). The van der Waals surface area contributed by atoms with Gasteiger partial charge in [-0.25, -0.2) is 4.39 Å². The second-order valence-electron chi connectivity index (χ2n) is 4.10. The highest BCUT2D eigenvalue weighted by atomic mass is 32.1. The summed E-state index contributed by atoms with van der Waals surface area (Å²) < 4.78 is 15.6. The third kappa shape index (κ3) is 1.95. The van der Waals surface area contributed by atoms with Crippen molar-refractivity contribution in [2.45, 2.75) is 20.4 Å². The number of fused-ring (bicyclic) bond motifs is 1. The van der Waals surface area contributed by atoms with Gasteiger partial charge < -0.3 is 9.55 Å². The number of hydrogen-bond donors (Lipinski definition) is 1. The van der Waals surface area contributed by atoms with Crippen LogP contribution in [0.2, 0.25) is 0 Å². The largest absolute Gasteiger partial charge is 0.330 e.